The summed E-state index contributed by atoms with van der Waals surface area (Å²) in [6.45, 7) is 4.04. The SMILES string of the molecule is CC1(C)S[C@@H]2C(NC(=O)C(N)c3cnsc3)C(=O)N2C1c1nn[nH]n1. The van der Waals surface area contributed by atoms with Crippen LogP contribution in [0, 0.1) is 0 Å². The predicted molar refractivity (Wildman–Crippen MR) is 90.2 cm³/mol. The Morgan fingerprint density at radius 1 is 1.52 bits per heavy atom. The molecule has 2 aromatic heterocycles. The standard InChI is InChI=1S/C13H16N8O2S2/c1-13(2)8(9-17-19-20-18-9)21-11(23)7(12(21)25-13)16-10(22)6(14)5-3-15-24-4-5/h3-4,6-8,12H,14H2,1-2H3,(H,16,22)(H,17,18,19,20)/t6?,7?,8?,12-/m1/s1. The minimum Gasteiger partial charge on any atom is -0.340 e. The van der Waals surface area contributed by atoms with Crippen LogP contribution in [0.15, 0.2) is 11.6 Å². The number of H-pyrrole nitrogens is 1. The molecule has 4 rings (SSSR count). The summed E-state index contributed by atoms with van der Waals surface area (Å²) in [5.74, 6) is -0.0827. The first kappa shape index (κ1) is 16.4. The molecule has 0 radical (unpaired) electrons. The van der Waals surface area contributed by atoms with E-state index in [0.29, 0.717) is 11.4 Å². The third kappa shape index (κ3) is 2.51. The first-order chi connectivity index (χ1) is 11.9. The number of fused-ring (bicyclic) bond motifs is 1. The maximum Gasteiger partial charge on any atom is 0.249 e. The molecule has 0 aromatic carbocycles. The third-order valence-corrected chi connectivity index (χ3v) is 6.61. The summed E-state index contributed by atoms with van der Waals surface area (Å²) >= 11 is 2.83. The summed E-state index contributed by atoms with van der Waals surface area (Å²) in [7, 11) is 0. The monoisotopic (exact) mass is 380 g/mol. The number of hydrogen-bond donors (Lipinski definition) is 3. The smallest absolute Gasteiger partial charge is 0.249 e. The zero-order chi connectivity index (χ0) is 17.8. The van der Waals surface area contributed by atoms with Gasteiger partial charge < -0.3 is 16.0 Å². The molecule has 3 unspecified atom stereocenters. The number of nitrogens with two attached hydrogens (primary N) is 1. The van der Waals surface area contributed by atoms with E-state index in [0.717, 1.165) is 0 Å². The van der Waals surface area contributed by atoms with Crippen molar-refractivity contribution in [2.24, 2.45) is 5.73 Å². The van der Waals surface area contributed by atoms with Gasteiger partial charge in [0.25, 0.3) is 0 Å². The first-order valence-electron chi connectivity index (χ1n) is 7.59. The van der Waals surface area contributed by atoms with Gasteiger partial charge in [-0.15, -0.1) is 22.0 Å². The van der Waals surface area contributed by atoms with Crippen molar-refractivity contribution in [2.75, 3.05) is 0 Å². The van der Waals surface area contributed by atoms with E-state index < -0.39 is 12.1 Å². The molecule has 2 aromatic rings. The maximum atomic E-state index is 12.6. The summed E-state index contributed by atoms with van der Waals surface area (Å²) < 4.78 is 3.64. The molecule has 2 aliphatic rings. The molecule has 4 atom stereocenters. The van der Waals surface area contributed by atoms with Crippen LogP contribution in [0.25, 0.3) is 0 Å². The Hall–Kier alpha value is -2.05. The highest BCUT2D eigenvalue weighted by atomic mass is 32.2. The van der Waals surface area contributed by atoms with Gasteiger partial charge in [-0.3, -0.25) is 9.59 Å². The van der Waals surface area contributed by atoms with Crippen molar-refractivity contribution >= 4 is 35.1 Å². The Morgan fingerprint density at radius 2 is 2.32 bits per heavy atom. The number of rotatable bonds is 4. The number of thioether (sulfide) groups is 1. The molecule has 2 saturated heterocycles. The molecule has 4 N–H and O–H groups in total. The lowest BCUT2D eigenvalue weighted by atomic mass is 9.95. The lowest BCUT2D eigenvalue weighted by Crippen LogP contribution is -2.68. The zero-order valence-corrected chi connectivity index (χ0v) is 15.0. The molecule has 0 spiro atoms. The maximum absolute atomic E-state index is 12.6. The molecule has 0 saturated carbocycles. The summed E-state index contributed by atoms with van der Waals surface area (Å²) in [5, 5.41) is 18.4. The fraction of sp³-hybridized carbons (Fsp3) is 0.538. The fourth-order valence-electron chi connectivity index (χ4n) is 3.21. The van der Waals surface area contributed by atoms with Gasteiger partial charge in [-0.25, -0.2) is 4.37 Å². The summed E-state index contributed by atoms with van der Waals surface area (Å²) in [5.41, 5.74) is 6.58. The molecule has 2 aliphatic heterocycles. The van der Waals surface area contributed by atoms with E-state index >= 15 is 0 Å². The Morgan fingerprint density at radius 3 is 2.96 bits per heavy atom. The average Bonchev–Trinajstić information content (AvgIpc) is 3.30. The Kier molecular flexibility index (Phi) is 3.77. The molecule has 12 heteroatoms. The third-order valence-electron chi connectivity index (χ3n) is 4.44. The molecule has 2 amide bonds. The van der Waals surface area contributed by atoms with Crippen molar-refractivity contribution in [3.63, 3.8) is 0 Å². The molecule has 132 valence electrons. The van der Waals surface area contributed by atoms with Crippen LogP contribution in [0.2, 0.25) is 0 Å². The van der Waals surface area contributed by atoms with Crippen LogP contribution in [0.1, 0.15) is 37.3 Å². The highest BCUT2D eigenvalue weighted by Gasteiger charge is 2.63. The van der Waals surface area contributed by atoms with Crippen LogP contribution < -0.4 is 11.1 Å². The van der Waals surface area contributed by atoms with Gasteiger partial charge in [-0.05, 0) is 25.4 Å². The lowest BCUT2D eigenvalue weighted by Gasteiger charge is -2.44. The van der Waals surface area contributed by atoms with Gasteiger partial charge in [0, 0.05) is 21.9 Å². The average molecular weight is 380 g/mol. The highest BCUT2D eigenvalue weighted by molar-refractivity contribution is 8.01. The second-order valence-electron chi connectivity index (χ2n) is 6.45. The van der Waals surface area contributed by atoms with Gasteiger partial charge in [-0.1, -0.05) is 5.21 Å². The van der Waals surface area contributed by atoms with Gasteiger partial charge in [-0.2, -0.15) is 5.21 Å². The van der Waals surface area contributed by atoms with Crippen LogP contribution in [-0.4, -0.2) is 57.9 Å². The summed E-state index contributed by atoms with van der Waals surface area (Å²) in [6, 6.07) is -1.74. The molecular formula is C13H16N8O2S2. The number of β-lactam (4-membered cyclic amide) rings is 1. The minimum atomic E-state index is -0.840. The number of nitrogens with one attached hydrogen (secondary N) is 2. The molecular weight excluding hydrogens is 364 g/mol. The number of amides is 2. The van der Waals surface area contributed by atoms with Crippen LogP contribution in [-0.2, 0) is 9.59 Å². The Balaban J connectivity index is 1.50. The normalized spacial score (nSPS) is 28.4. The Labute approximate surface area is 151 Å². The van der Waals surface area contributed by atoms with E-state index in [9.17, 15) is 9.59 Å². The molecule has 0 aliphatic carbocycles. The van der Waals surface area contributed by atoms with Gasteiger partial charge in [0.2, 0.25) is 11.8 Å². The molecule has 4 heterocycles. The van der Waals surface area contributed by atoms with Crippen molar-refractivity contribution in [1.29, 1.82) is 0 Å². The zero-order valence-electron chi connectivity index (χ0n) is 13.4. The largest absolute Gasteiger partial charge is 0.340 e. The summed E-state index contributed by atoms with van der Waals surface area (Å²) in [4.78, 5) is 26.7. The van der Waals surface area contributed by atoms with Gasteiger partial charge in [0.1, 0.15) is 23.5 Å². The van der Waals surface area contributed by atoms with Gasteiger partial charge in [0.05, 0.1) is 0 Å². The van der Waals surface area contributed by atoms with Crippen LogP contribution >= 0.6 is 23.3 Å². The topological polar surface area (TPSA) is 143 Å². The lowest BCUT2D eigenvalue weighted by molar-refractivity contribution is -0.152. The molecule has 25 heavy (non-hydrogen) atoms. The van der Waals surface area contributed by atoms with Crippen LogP contribution in [0.4, 0.5) is 0 Å². The van der Waals surface area contributed by atoms with Crippen LogP contribution in [0.3, 0.4) is 0 Å². The molecule has 2 fully saturated rings. The van der Waals surface area contributed by atoms with Crippen molar-refractivity contribution in [3.8, 4) is 0 Å². The van der Waals surface area contributed by atoms with Crippen molar-refractivity contribution < 1.29 is 9.59 Å². The second-order valence-corrected chi connectivity index (χ2v) is 8.88. The Bertz CT molecular complexity index is 793. The number of tetrazole rings is 1. The van der Waals surface area contributed by atoms with E-state index in [1.807, 2.05) is 13.8 Å². The van der Waals surface area contributed by atoms with E-state index in [-0.39, 0.29) is 28.0 Å². The van der Waals surface area contributed by atoms with Crippen LogP contribution in [0.5, 0.6) is 0 Å². The fourth-order valence-corrected chi connectivity index (χ4v) is 5.41. The van der Waals surface area contributed by atoms with Gasteiger partial charge >= 0.3 is 0 Å². The van der Waals surface area contributed by atoms with Crippen molar-refractivity contribution in [2.45, 2.75) is 42.1 Å². The quantitative estimate of drug-likeness (QED) is 0.607. The molecule has 0 bridgehead atoms. The van der Waals surface area contributed by atoms with Gasteiger partial charge in [0.15, 0.2) is 5.82 Å². The number of nitrogens with zero attached hydrogens (tertiary/aromatic N) is 5. The predicted octanol–water partition coefficient (Wildman–Crippen LogP) is -0.424. The molecule has 10 nitrogen and oxygen atoms in total. The number of carbonyl (C=O) groups excluding carboxylic acids is 2. The van der Waals surface area contributed by atoms with E-state index in [4.69, 9.17) is 5.73 Å². The number of carbonyl (C=O) groups is 2. The van der Waals surface area contributed by atoms with E-state index in [1.165, 1.54) is 11.5 Å². The summed E-state index contributed by atoms with van der Waals surface area (Å²) in [6.07, 6.45) is 1.56. The second kappa shape index (κ2) is 5.75. The van der Waals surface area contributed by atoms with E-state index in [2.05, 4.69) is 30.3 Å². The number of aromatic amines is 1. The first-order valence-corrected chi connectivity index (χ1v) is 9.30. The minimum absolute atomic E-state index is 0.165. The number of hydrogen-bond acceptors (Lipinski definition) is 9. The number of aromatic nitrogens is 5. The van der Waals surface area contributed by atoms with Crippen molar-refractivity contribution in [1.82, 2.24) is 35.2 Å². The highest BCUT2D eigenvalue weighted by Crippen LogP contribution is 2.56. The van der Waals surface area contributed by atoms with E-state index in [1.54, 1.807) is 28.2 Å². The van der Waals surface area contributed by atoms with Crippen molar-refractivity contribution in [3.05, 3.63) is 23.0 Å².